The van der Waals surface area contributed by atoms with Gasteiger partial charge in [0.1, 0.15) is 35.6 Å². The third-order valence-corrected chi connectivity index (χ3v) is 8.63. The van der Waals surface area contributed by atoms with E-state index in [0.29, 0.717) is 51.3 Å². The molecule has 186 valence electrons. The molecule has 35 heavy (non-hydrogen) atoms. The molecule has 2 aromatic carbocycles. The van der Waals surface area contributed by atoms with Crippen molar-refractivity contribution in [3.8, 4) is 11.5 Å². The summed E-state index contributed by atoms with van der Waals surface area (Å²) in [5.74, 6) is 2.15. The van der Waals surface area contributed by atoms with Crippen molar-refractivity contribution in [1.29, 1.82) is 0 Å². The highest BCUT2D eigenvalue weighted by Crippen LogP contribution is 2.38. The highest BCUT2D eigenvalue weighted by Gasteiger charge is 2.29. The number of nitrogens with zero attached hydrogens (tertiary/aromatic N) is 3. The Morgan fingerprint density at radius 3 is 2.80 bits per heavy atom. The monoisotopic (exact) mass is 502 g/mol. The van der Waals surface area contributed by atoms with Crippen LogP contribution in [-0.2, 0) is 14.5 Å². The minimum Gasteiger partial charge on any atom is -0.496 e. The van der Waals surface area contributed by atoms with Crippen LogP contribution >= 0.6 is 0 Å². The first-order valence-electron chi connectivity index (χ1n) is 11.4. The fourth-order valence-electron chi connectivity index (χ4n) is 4.34. The average molecular weight is 503 g/mol. The Hall–Kier alpha value is -3.02. The van der Waals surface area contributed by atoms with Gasteiger partial charge in [-0.05, 0) is 30.5 Å². The van der Waals surface area contributed by atoms with Crippen LogP contribution in [0, 0.1) is 11.7 Å². The van der Waals surface area contributed by atoms with Crippen molar-refractivity contribution in [3.05, 3.63) is 42.5 Å². The van der Waals surface area contributed by atoms with Gasteiger partial charge in [0.15, 0.2) is 6.10 Å². The number of nitrogens with one attached hydrogen (secondary N) is 1. The number of aliphatic hydroxyl groups is 1. The van der Waals surface area contributed by atoms with E-state index < -0.39 is 27.8 Å². The van der Waals surface area contributed by atoms with Crippen LogP contribution < -0.4 is 14.8 Å². The summed E-state index contributed by atoms with van der Waals surface area (Å²) in [5.41, 5.74) is 1.54. The van der Waals surface area contributed by atoms with Crippen molar-refractivity contribution in [1.82, 2.24) is 9.97 Å². The lowest BCUT2D eigenvalue weighted by Gasteiger charge is -2.19. The molecule has 2 N–H and O–H groups in total. The second kappa shape index (κ2) is 9.56. The first-order valence-corrected chi connectivity index (χ1v) is 13.2. The van der Waals surface area contributed by atoms with E-state index in [9.17, 15) is 13.7 Å². The van der Waals surface area contributed by atoms with Gasteiger partial charge in [-0.1, -0.05) is 6.92 Å². The third-order valence-electron chi connectivity index (χ3n) is 6.13. The van der Waals surface area contributed by atoms with Gasteiger partial charge in [-0.25, -0.2) is 18.6 Å². The van der Waals surface area contributed by atoms with E-state index in [1.54, 1.807) is 12.1 Å². The van der Waals surface area contributed by atoms with E-state index in [2.05, 4.69) is 26.6 Å². The van der Waals surface area contributed by atoms with Crippen LogP contribution in [0.4, 0.5) is 21.6 Å². The number of aliphatic hydroxyl groups excluding tert-OH is 1. The molecule has 5 rings (SSSR count). The highest BCUT2D eigenvalue weighted by atomic mass is 32.2. The molecule has 0 spiro atoms. The number of hydrogen-bond acceptors (Lipinski definition) is 9. The van der Waals surface area contributed by atoms with Gasteiger partial charge in [-0.3, -0.25) is 0 Å². The summed E-state index contributed by atoms with van der Waals surface area (Å²) >= 11 is 0. The van der Waals surface area contributed by atoms with Crippen molar-refractivity contribution < 1.29 is 27.9 Å². The maximum Gasteiger partial charge on any atom is 0.150 e. The van der Waals surface area contributed by atoms with E-state index in [1.165, 1.54) is 31.6 Å². The fourth-order valence-corrected chi connectivity index (χ4v) is 6.99. The molecule has 3 aromatic rings. The second-order valence-electron chi connectivity index (χ2n) is 8.92. The summed E-state index contributed by atoms with van der Waals surface area (Å²) < 4.78 is 48.4. The molecule has 2 aliphatic rings. The third kappa shape index (κ3) is 5.02. The fraction of sp³-hybridized carbons (Fsp3) is 0.417. The first-order chi connectivity index (χ1) is 16.8. The van der Waals surface area contributed by atoms with E-state index >= 15 is 0 Å². The quantitative estimate of drug-likeness (QED) is 0.523. The van der Waals surface area contributed by atoms with Gasteiger partial charge in [0.05, 0.1) is 52.3 Å². The molecule has 0 aliphatic carbocycles. The molecule has 2 saturated heterocycles. The smallest absolute Gasteiger partial charge is 0.150 e. The number of rotatable bonds is 6. The predicted molar refractivity (Wildman–Crippen MR) is 131 cm³/mol. The lowest BCUT2D eigenvalue weighted by atomic mass is 10.2. The number of anilines is 2. The SMILES string of the molecule is COc1cc(N=S2(=O)CCC(C)C2)cc2ncnc(Nc3ccc(F)cc3O[C@H]3COC[C@@H]3O)c12. The Balaban J connectivity index is 1.52. The van der Waals surface area contributed by atoms with Gasteiger partial charge in [0, 0.05) is 23.6 Å². The van der Waals surface area contributed by atoms with Crippen molar-refractivity contribution in [2.45, 2.75) is 25.6 Å². The summed E-state index contributed by atoms with van der Waals surface area (Å²) in [6.07, 6.45) is 0.875. The number of methoxy groups -OCH3 is 1. The molecule has 11 heteroatoms. The summed E-state index contributed by atoms with van der Waals surface area (Å²) in [6, 6.07) is 7.55. The molecule has 2 unspecified atom stereocenters. The van der Waals surface area contributed by atoms with Gasteiger partial charge in [-0.2, -0.15) is 4.36 Å². The number of aromatic nitrogens is 2. The normalized spacial score (nSPS) is 26.1. The minimum absolute atomic E-state index is 0.162. The standard InChI is InChI=1S/C24H27FN4O5S/c1-14-5-6-35(31,12-14)29-16-8-18-23(21(9-16)32-2)24(27-13-26-18)28-17-4-3-15(25)7-20(17)34-22-11-33-10-19(22)30/h3-4,7-9,13-14,19,22,30H,5-6,10-12H2,1-2H3,(H,26,27,28)/t14?,19-,22-,35?/m0/s1. The highest BCUT2D eigenvalue weighted by molar-refractivity contribution is 7.94. The molecule has 2 aliphatic heterocycles. The Morgan fingerprint density at radius 2 is 2.09 bits per heavy atom. The van der Waals surface area contributed by atoms with Gasteiger partial charge in [0.25, 0.3) is 0 Å². The number of fused-ring (bicyclic) bond motifs is 1. The summed E-state index contributed by atoms with van der Waals surface area (Å²) in [7, 11) is -0.778. The molecule has 4 atom stereocenters. The molecule has 0 amide bonds. The average Bonchev–Trinajstić information content (AvgIpc) is 3.38. The van der Waals surface area contributed by atoms with Crippen LogP contribution in [0.2, 0.25) is 0 Å². The summed E-state index contributed by atoms with van der Waals surface area (Å²) in [4.78, 5) is 8.73. The molecule has 9 nitrogen and oxygen atoms in total. The number of halogens is 1. The van der Waals surface area contributed by atoms with Crippen molar-refractivity contribution in [2.24, 2.45) is 10.3 Å². The zero-order valence-electron chi connectivity index (χ0n) is 19.4. The van der Waals surface area contributed by atoms with E-state index in [4.69, 9.17) is 14.2 Å². The molecule has 0 saturated carbocycles. The summed E-state index contributed by atoms with van der Waals surface area (Å²) in [5, 5.41) is 13.8. The number of ether oxygens (including phenoxy) is 3. The van der Waals surface area contributed by atoms with Crippen LogP contribution in [0.25, 0.3) is 10.9 Å². The Labute approximate surface area is 202 Å². The van der Waals surface area contributed by atoms with Crippen LogP contribution in [0.5, 0.6) is 11.5 Å². The van der Waals surface area contributed by atoms with Gasteiger partial charge >= 0.3 is 0 Å². The maximum absolute atomic E-state index is 14.0. The lowest BCUT2D eigenvalue weighted by Crippen LogP contribution is -2.30. The maximum atomic E-state index is 14.0. The van der Waals surface area contributed by atoms with Gasteiger partial charge < -0.3 is 24.6 Å². The molecule has 0 bridgehead atoms. The Kier molecular flexibility index (Phi) is 6.47. The van der Waals surface area contributed by atoms with Crippen LogP contribution in [0.15, 0.2) is 41.0 Å². The minimum atomic E-state index is -2.31. The largest absolute Gasteiger partial charge is 0.496 e. The molecular formula is C24H27FN4O5S. The van der Waals surface area contributed by atoms with Crippen molar-refractivity contribution in [3.63, 3.8) is 0 Å². The van der Waals surface area contributed by atoms with E-state index in [1.807, 2.05) is 0 Å². The Morgan fingerprint density at radius 1 is 1.23 bits per heavy atom. The van der Waals surface area contributed by atoms with Crippen LogP contribution in [0.3, 0.4) is 0 Å². The molecule has 2 fully saturated rings. The topological polar surface area (TPSA) is 115 Å². The number of benzene rings is 2. The molecular weight excluding hydrogens is 475 g/mol. The number of hydrogen-bond donors (Lipinski definition) is 2. The van der Waals surface area contributed by atoms with Gasteiger partial charge in [-0.15, -0.1) is 0 Å². The first kappa shape index (κ1) is 23.7. The molecule has 1 aromatic heterocycles. The summed E-state index contributed by atoms with van der Waals surface area (Å²) in [6.45, 7) is 2.45. The zero-order valence-corrected chi connectivity index (χ0v) is 20.3. The van der Waals surface area contributed by atoms with E-state index in [-0.39, 0.29) is 19.0 Å². The Bertz CT molecular complexity index is 1380. The van der Waals surface area contributed by atoms with Crippen molar-refractivity contribution >= 4 is 37.8 Å². The van der Waals surface area contributed by atoms with Crippen LogP contribution in [0.1, 0.15) is 13.3 Å². The molecule has 3 heterocycles. The van der Waals surface area contributed by atoms with Crippen molar-refractivity contribution in [2.75, 3.05) is 37.1 Å². The zero-order chi connectivity index (χ0) is 24.6. The second-order valence-corrected chi connectivity index (χ2v) is 11.4. The van der Waals surface area contributed by atoms with Gasteiger partial charge in [0.2, 0.25) is 0 Å². The predicted octanol–water partition coefficient (Wildman–Crippen LogP) is 3.80. The van der Waals surface area contributed by atoms with E-state index in [0.717, 1.165) is 6.42 Å². The lowest BCUT2D eigenvalue weighted by molar-refractivity contribution is 0.0736. The molecule has 0 radical (unpaired) electrons. The van der Waals surface area contributed by atoms with Crippen LogP contribution in [-0.4, -0.2) is 63.3 Å².